The molecule has 15 atom stereocenters. The molecule has 0 aromatic rings. The van der Waals surface area contributed by atoms with E-state index >= 15 is 0 Å². The number of carbonyl (C=O) groups is 7. The van der Waals surface area contributed by atoms with Crippen LogP contribution in [0.2, 0.25) is 0 Å². The molecule has 99 heavy (non-hydrogen) atoms. The van der Waals surface area contributed by atoms with Gasteiger partial charge < -0.3 is 109 Å². The number of nitrogens with one attached hydrogen (secondary N) is 2. The van der Waals surface area contributed by atoms with Gasteiger partial charge in [0.1, 0.15) is 73.2 Å². The number of amides is 3. The smallest absolute Gasteiger partial charge is 0.306 e. The second-order valence-corrected chi connectivity index (χ2v) is 25.7. The van der Waals surface area contributed by atoms with E-state index in [1.165, 1.54) is 73.9 Å². The first-order valence-corrected chi connectivity index (χ1v) is 35.6. The second kappa shape index (κ2) is 50.9. The molecule has 0 aromatic carbocycles. The standard InChI is InChI=1S/C67H122N6O26/c1-8-10-12-14-16-18-20-22-46(23-21-19-17-15-13-11-9-2)73(45(3)74)38-41-96-67-64(89)61(86)56(81)47(99-67)42-70(32-24-50(75)68-30-39-94-65-62(87)59(84)57(82)48(97-65)43-71(34-26-52(77)90-4)35-27-53(78)91-5)33-25-51(76)69-31-40-95-66-63(88)60(85)58(83)49(98-66)44-72(36-28-54(79)92-6)37-29-55(80)93-7/h46-49,56-67,81-89H,8-44H2,1-7H3,(H,68,75)(H,69,76)/t47-,48-,49-,56-,57-,58-,59+,60+,61+,62-,63-,64-,65-,66-,67-/m1/s1. The number of aliphatic hydroxyl groups is 9. The van der Waals surface area contributed by atoms with Crippen molar-refractivity contribution in [3.8, 4) is 0 Å². The fraction of sp³-hybridized carbons (Fsp3) is 0.896. The summed E-state index contributed by atoms with van der Waals surface area (Å²) in [7, 11) is 4.88. The number of aliphatic hydroxyl groups excluding tert-OH is 9. The van der Waals surface area contributed by atoms with Crippen LogP contribution in [0.5, 0.6) is 0 Å². The molecule has 11 N–H and O–H groups in total. The van der Waals surface area contributed by atoms with Crippen LogP contribution in [0.25, 0.3) is 0 Å². The maximum Gasteiger partial charge on any atom is 0.306 e. The molecule has 3 aliphatic rings. The Kier molecular flexibility index (Phi) is 45.6. The van der Waals surface area contributed by atoms with Crippen molar-refractivity contribution in [1.82, 2.24) is 30.2 Å². The average Bonchev–Trinajstić information content (AvgIpc) is 0.829. The van der Waals surface area contributed by atoms with Gasteiger partial charge in [0.05, 0.1) is 73.9 Å². The third-order valence-corrected chi connectivity index (χ3v) is 18.2. The number of hydrogen-bond acceptors (Lipinski definition) is 29. The van der Waals surface area contributed by atoms with E-state index in [9.17, 15) is 79.5 Å². The fourth-order valence-corrected chi connectivity index (χ4v) is 12.1. The maximum absolute atomic E-state index is 13.5. The molecule has 0 spiro atoms. The van der Waals surface area contributed by atoms with Gasteiger partial charge in [-0.05, 0) is 12.8 Å². The zero-order valence-corrected chi connectivity index (χ0v) is 59.7. The SMILES string of the molecule is CCCCCCCCCC(CCCCCCCCC)N(CCO[C@@H]1O[C@H](CN(CCC(=O)NCCO[C@@H]2O[C@H](CN(CCC(=O)OC)CCC(=O)OC)[C@@H](O)[C@H](O)[C@H]2O)CCC(=O)NCCO[C@@H]2O[C@H](CN(CCC(=O)OC)CCC(=O)OC)[C@@H](O)[C@H](O)[C@H]2O)[C@@H](O)[C@H](O)[C@H]1O)C(C)=O. The first-order chi connectivity index (χ1) is 47.4. The van der Waals surface area contributed by atoms with Crippen molar-refractivity contribution in [2.24, 2.45) is 0 Å². The topological polar surface area (TPSA) is 431 Å². The predicted octanol–water partition coefficient (Wildman–Crippen LogP) is -0.872. The molecule has 3 amide bonds. The zero-order valence-electron chi connectivity index (χ0n) is 59.7. The first-order valence-electron chi connectivity index (χ1n) is 35.6. The Labute approximate surface area is 583 Å². The average molecular weight is 1430 g/mol. The molecule has 0 aliphatic carbocycles. The van der Waals surface area contributed by atoms with Gasteiger partial charge in [-0.3, -0.25) is 48.3 Å². The van der Waals surface area contributed by atoms with Crippen molar-refractivity contribution < 1.29 is 127 Å². The van der Waals surface area contributed by atoms with Gasteiger partial charge in [-0.15, -0.1) is 0 Å². The quantitative estimate of drug-likeness (QED) is 0.0200. The van der Waals surface area contributed by atoms with Gasteiger partial charge in [-0.2, -0.15) is 0 Å². The summed E-state index contributed by atoms with van der Waals surface area (Å²) in [5.41, 5.74) is 0. The van der Waals surface area contributed by atoms with Crippen molar-refractivity contribution in [2.45, 2.75) is 260 Å². The normalized spacial score (nSPS) is 25.6. The van der Waals surface area contributed by atoms with Gasteiger partial charge in [-0.25, -0.2) is 0 Å². The summed E-state index contributed by atoms with van der Waals surface area (Å²) in [6.07, 6.45) is -6.61. The van der Waals surface area contributed by atoms with Gasteiger partial charge >= 0.3 is 23.9 Å². The van der Waals surface area contributed by atoms with Crippen LogP contribution in [-0.4, -0.2) is 332 Å². The Morgan fingerprint density at radius 3 is 0.949 bits per heavy atom. The number of hydrogen-bond donors (Lipinski definition) is 11. The van der Waals surface area contributed by atoms with Gasteiger partial charge in [0.2, 0.25) is 17.7 Å². The van der Waals surface area contributed by atoms with E-state index in [1.54, 1.807) is 14.7 Å². The highest BCUT2D eigenvalue weighted by molar-refractivity contribution is 5.77. The van der Waals surface area contributed by atoms with Crippen LogP contribution in [0.15, 0.2) is 0 Å². The van der Waals surface area contributed by atoms with Crippen LogP contribution in [0.4, 0.5) is 0 Å². The Morgan fingerprint density at radius 1 is 0.374 bits per heavy atom. The molecule has 0 aromatic heterocycles. The lowest BCUT2D eigenvalue weighted by Gasteiger charge is -2.42. The molecule has 32 nitrogen and oxygen atoms in total. The van der Waals surface area contributed by atoms with Crippen LogP contribution in [-0.2, 0) is 80.9 Å². The van der Waals surface area contributed by atoms with Gasteiger partial charge in [0.15, 0.2) is 18.9 Å². The lowest BCUT2D eigenvalue weighted by atomic mass is 9.98. The zero-order chi connectivity index (χ0) is 73.2. The number of ether oxygens (including phenoxy) is 10. The molecule has 0 unspecified atom stereocenters. The van der Waals surface area contributed by atoms with Crippen LogP contribution in [0.1, 0.15) is 162 Å². The van der Waals surface area contributed by atoms with Crippen molar-refractivity contribution in [2.75, 3.05) is 127 Å². The molecular formula is C67H122N6O26. The minimum Gasteiger partial charge on any atom is -0.469 e. The first kappa shape index (κ1) is 88.8. The summed E-state index contributed by atoms with van der Waals surface area (Å²) in [5.74, 6) is -3.30. The van der Waals surface area contributed by atoms with Crippen LogP contribution < -0.4 is 10.6 Å². The van der Waals surface area contributed by atoms with Crippen LogP contribution >= 0.6 is 0 Å². The summed E-state index contributed by atoms with van der Waals surface area (Å²) < 4.78 is 54.4. The van der Waals surface area contributed by atoms with Crippen molar-refractivity contribution >= 4 is 41.6 Å². The molecule has 32 heteroatoms. The lowest BCUT2D eigenvalue weighted by molar-refractivity contribution is -0.298. The van der Waals surface area contributed by atoms with Crippen molar-refractivity contribution in [3.05, 3.63) is 0 Å². The van der Waals surface area contributed by atoms with Crippen LogP contribution in [0.3, 0.4) is 0 Å². The highest BCUT2D eigenvalue weighted by Gasteiger charge is 2.48. The van der Waals surface area contributed by atoms with E-state index < -0.39 is 128 Å². The number of carbonyl (C=O) groups excluding carboxylic acids is 7. The molecule has 3 saturated heterocycles. The van der Waals surface area contributed by atoms with Crippen LogP contribution in [0, 0.1) is 0 Å². The summed E-state index contributed by atoms with van der Waals surface area (Å²) >= 11 is 0. The Morgan fingerprint density at radius 2 is 0.657 bits per heavy atom. The molecule has 0 bridgehead atoms. The summed E-state index contributed by atoms with van der Waals surface area (Å²) in [6.45, 7) is 4.95. The second-order valence-electron chi connectivity index (χ2n) is 25.7. The predicted molar refractivity (Wildman–Crippen MR) is 355 cm³/mol. The lowest BCUT2D eigenvalue weighted by Crippen LogP contribution is -2.61. The molecule has 3 aliphatic heterocycles. The Balaban J connectivity index is 1.74. The highest BCUT2D eigenvalue weighted by atomic mass is 16.7. The largest absolute Gasteiger partial charge is 0.469 e. The summed E-state index contributed by atoms with van der Waals surface area (Å²) in [4.78, 5) is 94.9. The third-order valence-electron chi connectivity index (χ3n) is 18.2. The van der Waals surface area contributed by atoms with E-state index in [1.807, 2.05) is 4.90 Å². The number of rotatable bonds is 53. The Bertz CT molecular complexity index is 2110. The molecule has 576 valence electrons. The third kappa shape index (κ3) is 34.2. The number of nitrogens with zero attached hydrogens (tertiary/aromatic N) is 4. The van der Waals surface area contributed by atoms with Gasteiger partial charge in [0.25, 0.3) is 0 Å². The van der Waals surface area contributed by atoms with Gasteiger partial charge in [-0.1, -0.05) is 104 Å². The maximum atomic E-state index is 13.5. The van der Waals surface area contributed by atoms with E-state index in [-0.39, 0.29) is 149 Å². The van der Waals surface area contributed by atoms with E-state index in [0.717, 1.165) is 64.2 Å². The highest BCUT2D eigenvalue weighted by Crippen LogP contribution is 2.28. The van der Waals surface area contributed by atoms with E-state index in [0.29, 0.717) is 0 Å². The van der Waals surface area contributed by atoms with Crippen molar-refractivity contribution in [1.29, 1.82) is 0 Å². The minimum atomic E-state index is -1.76. The number of unbranched alkanes of at least 4 members (excludes halogenated alkanes) is 12. The van der Waals surface area contributed by atoms with E-state index in [2.05, 4.69) is 24.5 Å². The summed E-state index contributed by atoms with van der Waals surface area (Å²) in [5, 5.41) is 104. The molecule has 0 radical (unpaired) electrons. The number of esters is 4. The molecular weight excluding hydrogens is 1300 g/mol. The minimum absolute atomic E-state index is 0.0356. The monoisotopic (exact) mass is 1430 g/mol. The van der Waals surface area contributed by atoms with Crippen molar-refractivity contribution in [3.63, 3.8) is 0 Å². The Hall–Kier alpha value is -4.43. The number of methoxy groups -OCH3 is 4. The van der Waals surface area contributed by atoms with Gasteiger partial charge in [0, 0.05) is 104 Å². The molecule has 3 rings (SSSR count). The molecule has 3 fully saturated rings. The van der Waals surface area contributed by atoms with E-state index in [4.69, 9.17) is 47.4 Å². The fourth-order valence-electron chi connectivity index (χ4n) is 12.1. The molecule has 0 saturated carbocycles. The summed E-state index contributed by atoms with van der Waals surface area (Å²) in [6, 6.07) is -0.0356. The molecule has 3 heterocycles.